The van der Waals surface area contributed by atoms with Crippen LogP contribution in [-0.4, -0.2) is 5.78 Å². The van der Waals surface area contributed by atoms with Crippen LogP contribution in [0.15, 0.2) is 36.0 Å². The average Bonchev–Trinajstić information content (AvgIpc) is 2.09. The molecule has 2 heteroatoms. The zero-order valence-corrected chi connectivity index (χ0v) is 7.79. The largest absolute Gasteiger partial charge is 0.289 e. The Kier molecular flexibility index (Phi) is 2.20. The van der Waals surface area contributed by atoms with Crippen molar-refractivity contribution in [3.8, 4) is 6.07 Å². The Morgan fingerprint density at radius 2 is 2.31 bits per heavy atom. The molecule has 1 aliphatic rings. The summed E-state index contributed by atoms with van der Waals surface area (Å²) in [5, 5.41) is 8.67. The third-order valence-electron chi connectivity index (χ3n) is 2.33. The first kappa shape index (κ1) is 9.47. The molecule has 0 spiro atoms. The molecule has 1 rings (SSSR count). The number of allylic oxidation sites excluding steroid dienone is 5. The number of hydrogen-bond acceptors (Lipinski definition) is 2. The van der Waals surface area contributed by atoms with Gasteiger partial charge in [-0.15, -0.1) is 0 Å². The third kappa shape index (κ3) is 1.59. The molecule has 0 bridgehead atoms. The van der Waals surface area contributed by atoms with Crippen LogP contribution in [0.3, 0.4) is 0 Å². The fraction of sp³-hybridized carbons (Fsp3) is 0.273. The van der Waals surface area contributed by atoms with Crippen LogP contribution < -0.4 is 0 Å². The molecule has 1 atom stereocenters. The summed E-state index contributed by atoms with van der Waals surface area (Å²) in [6, 6.07) is 1.88. The van der Waals surface area contributed by atoms with E-state index < -0.39 is 0 Å². The van der Waals surface area contributed by atoms with Gasteiger partial charge in [0.25, 0.3) is 0 Å². The summed E-state index contributed by atoms with van der Waals surface area (Å²) in [5.41, 5.74) is 0.774. The first-order valence-electron chi connectivity index (χ1n) is 4.02. The van der Waals surface area contributed by atoms with Crippen molar-refractivity contribution in [1.29, 1.82) is 5.26 Å². The van der Waals surface area contributed by atoms with Crippen molar-refractivity contribution in [3.05, 3.63) is 36.0 Å². The number of hydrogen-bond donors (Lipinski definition) is 0. The molecule has 0 heterocycles. The van der Waals surface area contributed by atoms with Gasteiger partial charge < -0.3 is 0 Å². The molecular formula is C11H11NO. The second kappa shape index (κ2) is 3.02. The SMILES string of the molecule is C=C(C)C1(C)C=CC(=O)C(C#N)=C1. The molecule has 2 nitrogen and oxygen atoms in total. The van der Waals surface area contributed by atoms with Crippen molar-refractivity contribution in [3.63, 3.8) is 0 Å². The van der Waals surface area contributed by atoms with E-state index in [9.17, 15) is 4.79 Å². The average molecular weight is 173 g/mol. The van der Waals surface area contributed by atoms with Crippen molar-refractivity contribution in [1.82, 2.24) is 0 Å². The van der Waals surface area contributed by atoms with E-state index in [1.165, 1.54) is 6.08 Å². The maximum absolute atomic E-state index is 11.1. The Balaban J connectivity index is 3.16. The van der Waals surface area contributed by atoms with E-state index >= 15 is 0 Å². The molecular weight excluding hydrogens is 162 g/mol. The van der Waals surface area contributed by atoms with Gasteiger partial charge >= 0.3 is 0 Å². The van der Waals surface area contributed by atoms with E-state index in [0.29, 0.717) is 0 Å². The first-order valence-corrected chi connectivity index (χ1v) is 4.02. The fourth-order valence-electron chi connectivity index (χ4n) is 1.11. The Hall–Kier alpha value is -1.62. The monoisotopic (exact) mass is 173 g/mol. The van der Waals surface area contributed by atoms with E-state index in [1.807, 2.05) is 19.9 Å². The summed E-state index contributed by atoms with van der Waals surface area (Å²) in [5.74, 6) is -0.221. The number of rotatable bonds is 1. The molecule has 0 aliphatic heterocycles. The lowest BCUT2D eigenvalue weighted by atomic mass is 9.78. The molecule has 0 aromatic rings. The maximum atomic E-state index is 11.1. The minimum atomic E-state index is -0.348. The van der Waals surface area contributed by atoms with Crippen molar-refractivity contribution >= 4 is 5.78 Å². The van der Waals surface area contributed by atoms with Gasteiger partial charge in [0.1, 0.15) is 6.07 Å². The molecule has 0 aromatic heterocycles. The van der Waals surface area contributed by atoms with E-state index in [-0.39, 0.29) is 16.8 Å². The highest BCUT2D eigenvalue weighted by atomic mass is 16.1. The highest BCUT2D eigenvalue weighted by Crippen LogP contribution is 2.32. The smallest absolute Gasteiger partial charge is 0.195 e. The fourth-order valence-corrected chi connectivity index (χ4v) is 1.11. The van der Waals surface area contributed by atoms with Gasteiger partial charge in [0.15, 0.2) is 5.78 Å². The Labute approximate surface area is 77.9 Å². The summed E-state index contributed by atoms with van der Waals surface area (Å²) in [7, 11) is 0. The summed E-state index contributed by atoms with van der Waals surface area (Å²) in [4.78, 5) is 11.1. The zero-order chi connectivity index (χ0) is 10.1. The van der Waals surface area contributed by atoms with E-state index in [4.69, 9.17) is 5.26 Å². The number of nitriles is 1. The molecule has 0 N–H and O–H groups in total. The molecule has 66 valence electrons. The van der Waals surface area contributed by atoms with Crippen LogP contribution in [0.25, 0.3) is 0 Å². The van der Waals surface area contributed by atoms with Gasteiger partial charge in [-0.25, -0.2) is 0 Å². The van der Waals surface area contributed by atoms with Gasteiger partial charge in [0.05, 0.1) is 5.57 Å². The van der Waals surface area contributed by atoms with Crippen LogP contribution in [0.5, 0.6) is 0 Å². The predicted octanol–water partition coefficient (Wildman–Crippen LogP) is 2.16. The van der Waals surface area contributed by atoms with Gasteiger partial charge in [-0.2, -0.15) is 5.26 Å². The summed E-state index contributed by atoms with van der Waals surface area (Å²) >= 11 is 0. The molecule has 1 unspecified atom stereocenters. The van der Waals surface area contributed by atoms with E-state index in [0.717, 1.165) is 5.57 Å². The number of carbonyl (C=O) groups excluding carboxylic acids is 1. The topological polar surface area (TPSA) is 40.9 Å². The molecule has 0 saturated carbocycles. The van der Waals surface area contributed by atoms with Crippen LogP contribution in [0.2, 0.25) is 0 Å². The molecule has 0 amide bonds. The lowest BCUT2D eigenvalue weighted by Gasteiger charge is -2.24. The van der Waals surface area contributed by atoms with Crippen LogP contribution in [0.4, 0.5) is 0 Å². The Morgan fingerprint density at radius 3 is 2.77 bits per heavy atom. The van der Waals surface area contributed by atoms with Gasteiger partial charge in [0, 0.05) is 5.41 Å². The second-order valence-corrected chi connectivity index (χ2v) is 3.43. The minimum absolute atomic E-state index is 0.202. The lowest BCUT2D eigenvalue weighted by molar-refractivity contribution is -0.111. The van der Waals surface area contributed by atoms with Crippen LogP contribution in [0, 0.1) is 16.7 Å². The number of carbonyl (C=O) groups is 1. The van der Waals surface area contributed by atoms with Crippen molar-refractivity contribution < 1.29 is 4.79 Å². The van der Waals surface area contributed by atoms with Crippen molar-refractivity contribution in [2.24, 2.45) is 5.41 Å². The third-order valence-corrected chi connectivity index (χ3v) is 2.33. The standard InChI is InChI=1S/C11H11NO/c1-8(2)11(3)5-4-10(13)9(6-11)7-12/h4-6H,1H2,2-3H3. The van der Waals surface area contributed by atoms with Gasteiger partial charge in [-0.1, -0.05) is 18.2 Å². The number of nitrogens with zero attached hydrogens (tertiary/aromatic N) is 1. The van der Waals surface area contributed by atoms with Crippen LogP contribution >= 0.6 is 0 Å². The van der Waals surface area contributed by atoms with Crippen molar-refractivity contribution in [2.75, 3.05) is 0 Å². The molecule has 0 aromatic carbocycles. The summed E-state index contributed by atoms with van der Waals surface area (Å²) < 4.78 is 0. The Morgan fingerprint density at radius 1 is 1.69 bits per heavy atom. The van der Waals surface area contributed by atoms with Crippen molar-refractivity contribution in [2.45, 2.75) is 13.8 Å². The first-order chi connectivity index (χ1) is 5.99. The zero-order valence-electron chi connectivity index (χ0n) is 7.79. The van der Waals surface area contributed by atoms with Gasteiger partial charge in [-0.05, 0) is 26.0 Å². The number of ketones is 1. The van der Waals surface area contributed by atoms with Gasteiger partial charge in [0.2, 0.25) is 0 Å². The van der Waals surface area contributed by atoms with Gasteiger partial charge in [-0.3, -0.25) is 4.79 Å². The van der Waals surface area contributed by atoms with E-state index in [2.05, 4.69) is 6.58 Å². The molecule has 0 radical (unpaired) electrons. The molecule has 0 fully saturated rings. The highest BCUT2D eigenvalue weighted by Gasteiger charge is 2.25. The summed E-state index contributed by atoms with van der Waals surface area (Å²) in [6.07, 6.45) is 4.88. The second-order valence-electron chi connectivity index (χ2n) is 3.43. The van der Waals surface area contributed by atoms with Crippen LogP contribution in [-0.2, 0) is 4.79 Å². The molecule has 13 heavy (non-hydrogen) atoms. The predicted molar refractivity (Wildman–Crippen MR) is 50.8 cm³/mol. The normalized spacial score (nSPS) is 26.5. The molecule has 0 saturated heterocycles. The molecule has 1 aliphatic carbocycles. The Bertz CT molecular complexity index is 368. The van der Waals surface area contributed by atoms with Crippen LogP contribution in [0.1, 0.15) is 13.8 Å². The highest BCUT2D eigenvalue weighted by molar-refractivity contribution is 6.08. The minimum Gasteiger partial charge on any atom is -0.289 e. The summed E-state index contributed by atoms with van der Waals surface area (Å²) in [6.45, 7) is 7.63. The lowest BCUT2D eigenvalue weighted by Crippen LogP contribution is -2.17. The van der Waals surface area contributed by atoms with E-state index in [1.54, 1.807) is 12.2 Å². The maximum Gasteiger partial charge on any atom is 0.195 e. The quantitative estimate of drug-likeness (QED) is 0.570.